The first kappa shape index (κ1) is 23.6. The number of rotatable bonds is 8. The average Bonchev–Trinajstić information content (AvgIpc) is 2.78. The van der Waals surface area contributed by atoms with Crippen molar-refractivity contribution in [1.82, 2.24) is 9.80 Å². The van der Waals surface area contributed by atoms with Crippen LogP contribution in [-0.4, -0.2) is 48.4 Å². The van der Waals surface area contributed by atoms with E-state index < -0.39 is 11.6 Å². The molecule has 2 aromatic rings. The number of carbonyl (C=O) groups excluding carboxylic acids is 1. The van der Waals surface area contributed by atoms with Gasteiger partial charge in [0, 0.05) is 49.2 Å². The third kappa shape index (κ3) is 6.25. The molecule has 1 amide bonds. The van der Waals surface area contributed by atoms with E-state index in [0.29, 0.717) is 24.7 Å². The van der Waals surface area contributed by atoms with Crippen LogP contribution in [0.4, 0.5) is 8.78 Å². The number of hydrogen-bond acceptors (Lipinski definition) is 3. The minimum Gasteiger partial charge on any atom is -0.367 e. The number of hydrogen-bond donors (Lipinski definition) is 0. The molecule has 0 aliphatic carbocycles. The Morgan fingerprint density at radius 1 is 1.06 bits per heavy atom. The van der Waals surface area contributed by atoms with E-state index in [1.165, 1.54) is 18.2 Å². The van der Waals surface area contributed by atoms with E-state index in [2.05, 4.69) is 4.90 Å². The molecular formula is C24H29ClF2N2O2. The average molecular weight is 451 g/mol. The molecule has 4 nitrogen and oxygen atoms in total. The molecule has 0 aromatic heterocycles. The first-order valence-electron chi connectivity index (χ1n) is 10.7. The molecule has 1 aliphatic heterocycles. The smallest absolute Gasteiger partial charge is 0.225 e. The van der Waals surface area contributed by atoms with Crippen LogP contribution in [0.1, 0.15) is 37.5 Å². The maximum absolute atomic E-state index is 14.0. The Kier molecular flexibility index (Phi) is 8.41. The molecule has 31 heavy (non-hydrogen) atoms. The van der Waals surface area contributed by atoms with E-state index in [1.807, 2.05) is 30.9 Å². The molecule has 0 bridgehead atoms. The number of ether oxygens (including phenoxy) is 1. The Morgan fingerprint density at radius 3 is 2.26 bits per heavy atom. The minimum absolute atomic E-state index is 0.0346. The first-order valence-corrected chi connectivity index (χ1v) is 11.1. The fourth-order valence-corrected chi connectivity index (χ4v) is 3.78. The molecule has 7 heteroatoms. The van der Waals surface area contributed by atoms with Crippen molar-refractivity contribution in [3.05, 3.63) is 70.2 Å². The van der Waals surface area contributed by atoms with Crippen LogP contribution in [0.5, 0.6) is 0 Å². The normalized spacial score (nSPS) is 16.9. The van der Waals surface area contributed by atoms with Crippen LogP contribution in [0.2, 0.25) is 5.02 Å². The molecule has 2 aromatic carbocycles. The second kappa shape index (κ2) is 11.0. The number of amides is 1. The molecule has 1 saturated heterocycles. The van der Waals surface area contributed by atoms with Crippen LogP contribution in [0, 0.1) is 17.6 Å². The van der Waals surface area contributed by atoms with Crippen molar-refractivity contribution >= 4 is 17.5 Å². The summed E-state index contributed by atoms with van der Waals surface area (Å²) in [5.74, 6) is -1.01. The standard InChI is InChI=1S/C24H29ClF2N2O2/c1-3-17(2)24(30)29-13-11-28(12-14-29)15-23(18-7-9-19(25)10-8-18)31-16-20-21(26)5-4-6-22(20)27/h4-10,17,23H,3,11-16H2,1-2H3/t17-,23+/m0/s1. The van der Waals surface area contributed by atoms with Crippen molar-refractivity contribution in [2.45, 2.75) is 33.0 Å². The predicted molar refractivity (Wildman–Crippen MR) is 118 cm³/mol. The van der Waals surface area contributed by atoms with Crippen molar-refractivity contribution in [3.8, 4) is 0 Å². The molecule has 0 unspecified atom stereocenters. The predicted octanol–water partition coefficient (Wildman–Crippen LogP) is 5.07. The van der Waals surface area contributed by atoms with Gasteiger partial charge in [0.2, 0.25) is 5.91 Å². The molecular weight excluding hydrogens is 422 g/mol. The number of halogens is 3. The van der Waals surface area contributed by atoms with Crippen LogP contribution >= 0.6 is 11.6 Å². The maximum atomic E-state index is 14.0. The first-order chi connectivity index (χ1) is 14.9. The summed E-state index contributed by atoms with van der Waals surface area (Å²) in [7, 11) is 0. The molecule has 168 valence electrons. The molecule has 0 radical (unpaired) electrons. The van der Waals surface area contributed by atoms with E-state index in [1.54, 1.807) is 12.1 Å². The van der Waals surface area contributed by atoms with Gasteiger partial charge < -0.3 is 9.64 Å². The lowest BCUT2D eigenvalue weighted by molar-refractivity contribution is -0.137. The van der Waals surface area contributed by atoms with Gasteiger partial charge >= 0.3 is 0 Å². The van der Waals surface area contributed by atoms with E-state index >= 15 is 0 Å². The van der Waals surface area contributed by atoms with Crippen molar-refractivity contribution < 1.29 is 18.3 Å². The van der Waals surface area contributed by atoms with Gasteiger partial charge in [-0.3, -0.25) is 9.69 Å². The van der Waals surface area contributed by atoms with Gasteiger partial charge in [-0.2, -0.15) is 0 Å². The van der Waals surface area contributed by atoms with E-state index in [0.717, 1.165) is 25.1 Å². The molecule has 0 spiro atoms. The monoisotopic (exact) mass is 450 g/mol. The Morgan fingerprint density at radius 2 is 1.68 bits per heavy atom. The second-order valence-corrected chi connectivity index (χ2v) is 8.42. The fourth-order valence-electron chi connectivity index (χ4n) is 3.66. The highest BCUT2D eigenvalue weighted by Crippen LogP contribution is 2.25. The Labute approximate surface area is 187 Å². The maximum Gasteiger partial charge on any atom is 0.225 e. The summed E-state index contributed by atoms with van der Waals surface area (Å²) in [5, 5.41) is 0.611. The lowest BCUT2D eigenvalue weighted by Crippen LogP contribution is -2.50. The van der Waals surface area contributed by atoms with Crippen LogP contribution < -0.4 is 0 Å². The SMILES string of the molecule is CC[C@H](C)C(=O)N1CCN(C[C@@H](OCc2c(F)cccc2F)c2ccc(Cl)cc2)CC1. The molecule has 0 N–H and O–H groups in total. The topological polar surface area (TPSA) is 32.8 Å². The van der Waals surface area contributed by atoms with E-state index in [9.17, 15) is 13.6 Å². The number of carbonyl (C=O) groups is 1. The van der Waals surface area contributed by atoms with Crippen LogP contribution in [0.3, 0.4) is 0 Å². The fraction of sp³-hybridized carbons (Fsp3) is 0.458. The van der Waals surface area contributed by atoms with Crippen molar-refractivity contribution in [2.75, 3.05) is 32.7 Å². The largest absolute Gasteiger partial charge is 0.367 e. The van der Waals surface area contributed by atoms with Gasteiger partial charge in [-0.15, -0.1) is 0 Å². The van der Waals surface area contributed by atoms with Crippen LogP contribution in [0.25, 0.3) is 0 Å². The van der Waals surface area contributed by atoms with Crippen LogP contribution in [0.15, 0.2) is 42.5 Å². The summed E-state index contributed by atoms with van der Waals surface area (Å²) in [5.41, 5.74) is 0.810. The summed E-state index contributed by atoms with van der Waals surface area (Å²) >= 11 is 6.02. The molecule has 1 aliphatic rings. The third-order valence-corrected chi connectivity index (χ3v) is 6.13. The van der Waals surface area contributed by atoms with Gasteiger partial charge in [-0.1, -0.05) is 43.6 Å². The van der Waals surface area contributed by atoms with Gasteiger partial charge in [0.15, 0.2) is 0 Å². The Hall–Kier alpha value is -2.02. The lowest BCUT2D eigenvalue weighted by Gasteiger charge is -2.37. The summed E-state index contributed by atoms with van der Waals surface area (Å²) in [6.45, 7) is 7.15. The van der Waals surface area contributed by atoms with Crippen LogP contribution in [-0.2, 0) is 16.1 Å². The quantitative estimate of drug-likeness (QED) is 0.563. The highest BCUT2D eigenvalue weighted by molar-refractivity contribution is 6.30. The van der Waals surface area contributed by atoms with Crippen molar-refractivity contribution in [3.63, 3.8) is 0 Å². The van der Waals surface area contributed by atoms with Gasteiger partial charge in [0.1, 0.15) is 11.6 Å². The number of nitrogens with zero attached hydrogens (tertiary/aromatic N) is 2. The minimum atomic E-state index is -0.618. The van der Waals surface area contributed by atoms with Crippen molar-refractivity contribution in [2.24, 2.45) is 5.92 Å². The van der Waals surface area contributed by atoms with Gasteiger partial charge in [0.25, 0.3) is 0 Å². The Balaban J connectivity index is 1.66. The third-order valence-electron chi connectivity index (χ3n) is 5.87. The summed E-state index contributed by atoms with van der Waals surface area (Å²) in [6.07, 6.45) is 0.450. The summed E-state index contributed by atoms with van der Waals surface area (Å²) in [6, 6.07) is 11.1. The zero-order valence-electron chi connectivity index (χ0n) is 18.0. The number of benzene rings is 2. The van der Waals surface area contributed by atoms with E-state index in [-0.39, 0.29) is 30.1 Å². The highest BCUT2D eigenvalue weighted by Gasteiger charge is 2.26. The summed E-state index contributed by atoms with van der Waals surface area (Å²) in [4.78, 5) is 16.6. The van der Waals surface area contributed by atoms with Gasteiger partial charge in [0.05, 0.1) is 12.7 Å². The molecule has 3 rings (SSSR count). The lowest BCUT2D eigenvalue weighted by atomic mass is 10.1. The second-order valence-electron chi connectivity index (χ2n) is 7.99. The Bertz CT molecular complexity index is 850. The zero-order chi connectivity index (χ0) is 22.4. The number of piperazine rings is 1. The van der Waals surface area contributed by atoms with Gasteiger partial charge in [-0.25, -0.2) is 8.78 Å². The van der Waals surface area contributed by atoms with Gasteiger partial charge in [-0.05, 0) is 36.2 Å². The summed E-state index contributed by atoms with van der Waals surface area (Å²) < 4.78 is 34.1. The zero-order valence-corrected chi connectivity index (χ0v) is 18.7. The van der Waals surface area contributed by atoms with E-state index in [4.69, 9.17) is 16.3 Å². The molecule has 0 saturated carbocycles. The molecule has 1 fully saturated rings. The highest BCUT2D eigenvalue weighted by atomic mass is 35.5. The molecule has 2 atom stereocenters. The van der Waals surface area contributed by atoms with Crippen molar-refractivity contribution in [1.29, 1.82) is 0 Å². The molecule has 1 heterocycles.